The second kappa shape index (κ2) is 8.24. The highest BCUT2D eigenvalue weighted by Gasteiger charge is 2.23. The summed E-state index contributed by atoms with van der Waals surface area (Å²) < 4.78 is 1.33. The van der Waals surface area contributed by atoms with Crippen LogP contribution in [0.3, 0.4) is 0 Å². The number of aryl methyl sites for hydroxylation is 1. The van der Waals surface area contributed by atoms with Gasteiger partial charge in [-0.1, -0.05) is 29.3 Å². The summed E-state index contributed by atoms with van der Waals surface area (Å²) in [5, 5.41) is 16.0. The van der Waals surface area contributed by atoms with Crippen LogP contribution in [0.4, 0.5) is 5.69 Å². The number of benzene rings is 1. The quantitative estimate of drug-likeness (QED) is 0.557. The van der Waals surface area contributed by atoms with Gasteiger partial charge in [-0.15, -0.1) is 0 Å². The molecule has 10 heteroatoms. The largest absolute Gasteiger partial charge is 0.339 e. The number of amides is 1. The molecule has 0 bridgehead atoms. The van der Waals surface area contributed by atoms with E-state index in [-0.39, 0.29) is 18.1 Å². The highest BCUT2D eigenvalue weighted by Crippen LogP contribution is 2.23. The Morgan fingerprint density at radius 3 is 2.52 bits per heavy atom. The van der Waals surface area contributed by atoms with E-state index in [1.807, 2.05) is 12.1 Å². The summed E-state index contributed by atoms with van der Waals surface area (Å²) in [6.07, 6.45) is 1.30. The Hall–Kier alpha value is -2.16. The van der Waals surface area contributed by atoms with Gasteiger partial charge in [0.15, 0.2) is 0 Å². The number of aromatic nitrogens is 2. The van der Waals surface area contributed by atoms with E-state index in [1.165, 1.54) is 10.9 Å². The number of carbonyl (C=O) groups is 1. The van der Waals surface area contributed by atoms with Crippen molar-refractivity contribution in [2.75, 3.05) is 26.2 Å². The van der Waals surface area contributed by atoms with Crippen molar-refractivity contribution in [2.24, 2.45) is 0 Å². The van der Waals surface area contributed by atoms with Crippen molar-refractivity contribution < 1.29 is 9.72 Å². The molecular formula is C17H19Cl2N5O3. The van der Waals surface area contributed by atoms with Crippen molar-refractivity contribution in [1.29, 1.82) is 0 Å². The Morgan fingerprint density at radius 2 is 1.93 bits per heavy atom. The van der Waals surface area contributed by atoms with E-state index in [1.54, 1.807) is 17.9 Å². The topological polar surface area (TPSA) is 84.5 Å². The zero-order chi connectivity index (χ0) is 19.6. The van der Waals surface area contributed by atoms with Crippen molar-refractivity contribution in [3.05, 3.63) is 55.8 Å². The summed E-state index contributed by atoms with van der Waals surface area (Å²) in [4.78, 5) is 26.8. The molecule has 1 aliphatic rings. The lowest BCUT2D eigenvalue weighted by Gasteiger charge is -2.34. The molecule has 3 rings (SSSR count). The van der Waals surface area contributed by atoms with Crippen LogP contribution < -0.4 is 0 Å². The molecule has 2 heterocycles. The average Bonchev–Trinajstić information content (AvgIpc) is 2.99. The summed E-state index contributed by atoms with van der Waals surface area (Å²) in [6.45, 7) is 4.98. The summed E-state index contributed by atoms with van der Waals surface area (Å²) in [7, 11) is 0. The van der Waals surface area contributed by atoms with Crippen LogP contribution in [0.2, 0.25) is 10.0 Å². The SMILES string of the molecule is Cc1nn(CC(=O)N2CCN(Cc3ccc(Cl)c(Cl)c3)CC2)cc1[N+](=O)[O-]. The Morgan fingerprint density at radius 1 is 1.22 bits per heavy atom. The predicted molar refractivity (Wildman–Crippen MR) is 102 cm³/mol. The summed E-state index contributed by atoms with van der Waals surface area (Å²) in [5.74, 6) is -0.0958. The van der Waals surface area contributed by atoms with E-state index in [0.29, 0.717) is 28.8 Å². The maximum absolute atomic E-state index is 12.4. The minimum absolute atomic E-state index is 0.00146. The van der Waals surface area contributed by atoms with Crippen LogP contribution in [0.15, 0.2) is 24.4 Å². The molecule has 27 heavy (non-hydrogen) atoms. The van der Waals surface area contributed by atoms with Crippen molar-refractivity contribution >= 4 is 34.8 Å². The molecule has 0 spiro atoms. The minimum Gasteiger partial charge on any atom is -0.339 e. The second-order valence-electron chi connectivity index (χ2n) is 6.46. The van der Waals surface area contributed by atoms with Crippen LogP contribution >= 0.6 is 23.2 Å². The van der Waals surface area contributed by atoms with E-state index >= 15 is 0 Å². The summed E-state index contributed by atoms with van der Waals surface area (Å²) in [6, 6.07) is 5.58. The van der Waals surface area contributed by atoms with Gasteiger partial charge in [-0.25, -0.2) is 0 Å². The first-order valence-corrected chi connectivity index (χ1v) is 9.21. The molecule has 1 fully saturated rings. The lowest BCUT2D eigenvalue weighted by Crippen LogP contribution is -2.49. The fraction of sp³-hybridized carbons (Fsp3) is 0.412. The second-order valence-corrected chi connectivity index (χ2v) is 7.27. The zero-order valence-corrected chi connectivity index (χ0v) is 16.3. The van der Waals surface area contributed by atoms with Gasteiger partial charge in [0.2, 0.25) is 5.91 Å². The van der Waals surface area contributed by atoms with Gasteiger partial charge >= 0.3 is 5.69 Å². The van der Waals surface area contributed by atoms with Crippen LogP contribution in [-0.4, -0.2) is 56.6 Å². The lowest BCUT2D eigenvalue weighted by molar-refractivity contribution is -0.385. The number of nitro groups is 1. The highest BCUT2D eigenvalue weighted by atomic mass is 35.5. The first-order valence-electron chi connectivity index (χ1n) is 8.46. The third-order valence-electron chi connectivity index (χ3n) is 4.53. The van der Waals surface area contributed by atoms with Gasteiger partial charge < -0.3 is 4.90 Å². The minimum atomic E-state index is -0.495. The molecule has 1 saturated heterocycles. The molecule has 0 radical (unpaired) electrons. The van der Waals surface area contributed by atoms with Crippen LogP contribution in [0.5, 0.6) is 0 Å². The molecule has 0 N–H and O–H groups in total. The summed E-state index contributed by atoms with van der Waals surface area (Å²) in [5.41, 5.74) is 1.30. The molecule has 8 nitrogen and oxygen atoms in total. The lowest BCUT2D eigenvalue weighted by atomic mass is 10.2. The summed E-state index contributed by atoms with van der Waals surface area (Å²) >= 11 is 12.0. The fourth-order valence-electron chi connectivity index (χ4n) is 3.06. The first kappa shape index (κ1) is 19.6. The number of piperazine rings is 1. The number of hydrogen-bond acceptors (Lipinski definition) is 5. The Labute approximate surface area is 166 Å². The normalized spacial score (nSPS) is 15.1. The van der Waals surface area contributed by atoms with Crippen LogP contribution in [0.25, 0.3) is 0 Å². The molecule has 144 valence electrons. The van der Waals surface area contributed by atoms with Gasteiger partial charge in [0, 0.05) is 32.7 Å². The Balaban J connectivity index is 1.52. The molecule has 0 aliphatic carbocycles. The van der Waals surface area contributed by atoms with Crippen molar-refractivity contribution in [1.82, 2.24) is 19.6 Å². The van der Waals surface area contributed by atoms with Gasteiger partial charge in [0.05, 0.1) is 15.0 Å². The number of halogens is 2. The standard InChI is InChI=1S/C17H19Cl2N5O3/c1-12-16(24(26)27)10-23(20-12)11-17(25)22-6-4-21(5-7-22)9-13-2-3-14(18)15(19)8-13/h2-3,8,10H,4-7,9,11H2,1H3. The van der Waals surface area contributed by atoms with Gasteiger partial charge in [-0.2, -0.15) is 5.10 Å². The molecular weight excluding hydrogens is 393 g/mol. The third-order valence-corrected chi connectivity index (χ3v) is 5.27. The number of nitrogens with zero attached hydrogens (tertiary/aromatic N) is 5. The first-order chi connectivity index (χ1) is 12.8. The van der Waals surface area contributed by atoms with Gasteiger partial charge in [-0.3, -0.25) is 24.5 Å². The number of carbonyl (C=O) groups excluding carboxylic acids is 1. The molecule has 2 aromatic rings. The Kier molecular flexibility index (Phi) is 5.98. The molecule has 1 aromatic heterocycles. The smallest absolute Gasteiger partial charge is 0.309 e. The molecule has 0 atom stereocenters. The van der Waals surface area contributed by atoms with Gasteiger partial charge in [-0.05, 0) is 24.6 Å². The van der Waals surface area contributed by atoms with Crippen molar-refractivity contribution in [3.8, 4) is 0 Å². The van der Waals surface area contributed by atoms with E-state index in [0.717, 1.165) is 25.2 Å². The predicted octanol–water partition coefficient (Wildman–Crippen LogP) is 2.75. The van der Waals surface area contributed by atoms with Crippen LogP contribution in [0.1, 0.15) is 11.3 Å². The van der Waals surface area contributed by atoms with E-state index in [4.69, 9.17) is 23.2 Å². The van der Waals surface area contributed by atoms with Crippen molar-refractivity contribution in [2.45, 2.75) is 20.0 Å². The molecule has 1 amide bonds. The van der Waals surface area contributed by atoms with Crippen LogP contribution in [-0.2, 0) is 17.9 Å². The molecule has 0 saturated carbocycles. The monoisotopic (exact) mass is 411 g/mol. The van der Waals surface area contributed by atoms with Crippen LogP contribution in [0, 0.1) is 17.0 Å². The van der Waals surface area contributed by atoms with E-state index in [9.17, 15) is 14.9 Å². The molecule has 1 aliphatic heterocycles. The number of rotatable bonds is 5. The third kappa shape index (κ3) is 4.77. The molecule has 1 aromatic carbocycles. The van der Waals surface area contributed by atoms with Crippen molar-refractivity contribution in [3.63, 3.8) is 0 Å². The van der Waals surface area contributed by atoms with E-state index in [2.05, 4.69) is 10.00 Å². The zero-order valence-electron chi connectivity index (χ0n) is 14.8. The van der Waals surface area contributed by atoms with Gasteiger partial charge in [0.1, 0.15) is 18.4 Å². The average molecular weight is 412 g/mol. The maximum Gasteiger partial charge on any atom is 0.309 e. The van der Waals surface area contributed by atoms with E-state index < -0.39 is 4.92 Å². The fourth-order valence-corrected chi connectivity index (χ4v) is 3.38. The number of hydrogen-bond donors (Lipinski definition) is 0. The highest BCUT2D eigenvalue weighted by molar-refractivity contribution is 6.42. The maximum atomic E-state index is 12.4. The van der Waals surface area contributed by atoms with Gasteiger partial charge in [0.25, 0.3) is 0 Å². The Bertz CT molecular complexity index is 862. The molecule has 0 unspecified atom stereocenters.